The second kappa shape index (κ2) is 5.78. The Kier molecular flexibility index (Phi) is 3.48. The smallest absolute Gasteiger partial charge is 0.357 e. The molecule has 0 N–H and O–H groups in total. The standard InChI is InChI=1S/C18H12N2O2S/c21-18(15-10-9-12-5-1-2-6-13(12)19-15)22-11-17-20-14-7-3-4-8-16(14)23-17/h1-10H,11H2. The highest BCUT2D eigenvalue weighted by Crippen LogP contribution is 2.22. The van der Waals surface area contributed by atoms with Gasteiger partial charge in [-0.25, -0.2) is 14.8 Å². The topological polar surface area (TPSA) is 52.1 Å². The molecule has 0 atom stereocenters. The van der Waals surface area contributed by atoms with Crippen LogP contribution in [0.3, 0.4) is 0 Å². The molecule has 112 valence electrons. The maximum atomic E-state index is 12.2. The fourth-order valence-electron chi connectivity index (χ4n) is 2.36. The van der Waals surface area contributed by atoms with Gasteiger partial charge in [-0.3, -0.25) is 0 Å². The summed E-state index contributed by atoms with van der Waals surface area (Å²) in [6, 6.07) is 19.1. The normalized spacial score (nSPS) is 11.0. The Morgan fingerprint density at radius 3 is 2.57 bits per heavy atom. The number of thiazole rings is 1. The Bertz CT molecular complexity index is 977. The number of carbonyl (C=O) groups is 1. The number of esters is 1. The van der Waals surface area contributed by atoms with Crippen molar-refractivity contribution in [2.75, 3.05) is 0 Å². The lowest BCUT2D eigenvalue weighted by atomic mass is 10.2. The molecular formula is C18H12N2O2S. The van der Waals surface area contributed by atoms with E-state index in [9.17, 15) is 4.79 Å². The molecule has 4 nitrogen and oxygen atoms in total. The van der Waals surface area contributed by atoms with Crippen LogP contribution >= 0.6 is 11.3 Å². The Balaban J connectivity index is 1.52. The van der Waals surface area contributed by atoms with Gasteiger partial charge < -0.3 is 4.74 Å². The van der Waals surface area contributed by atoms with Gasteiger partial charge in [-0.1, -0.05) is 36.4 Å². The molecule has 2 aromatic carbocycles. The molecule has 0 fully saturated rings. The van der Waals surface area contributed by atoms with Crippen molar-refractivity contribution >= 4 is 38.4 Å². The van der Waals surface area contributed by atoms with Crippen LogP contribution in [0.2, 0.25) is 0 Å². The number of carbonyl (C=O) groups excluding carboxylic acids is 1. The van der Waals surface area contributed by atoms with E-state index in [1.54, 1.807) is 6.07 Å². The molecule has 0 saturated heterocycles. The predicted molar refractivity (Wildman–Crippen MR) is 90.5 cm³/mol. The fourth-order valence-corrected chi connectivity index (χ4v) is 3.24. The summed E-state index contributed by atoms with van der Waals surface area (Å²) in [5, 5.41) is 1.77. The van der Waals surface area contributed by atoms with E-state index in [-0.39, 0.29) is 6.61 Å². The van der Waals surface area contributed by atoms with Crippen molar-refractivity contribution in [1.29, 1.82) is 0 Å². The molecule has 0 aliphatic heterocycles. The van der Waals surface area contributed by atoms with Crippen LogP contribution in [0.1, 0.15) is 15.5 Å². The molecule has 0 saturated carbocycles. The molecule has 4 rings (SSSR count). The molecule has 0 amide bonds. The van der Waals surface area contributed by atoms with Crippen molar-refractivity contribution in [3.05, 3.63) is 71.4 Å². The van der Waals surface area contributed by atoms with Crippen LogP contribution < -0.4 is 0 Å². The van der Waals surface area contributed by atoms with Crippen LogP contribution in [-0.4, -0.2) is 15.9 Å². The van der Waals surface area contributed by atoms with E-state index >= 15 is 0 Å². The van der Waals surface area contributed by atoms with E-state index in [0.29, 0.717) is 5.69 Å². The van der Waals surface area contributed by atoms with Gasteiger partial charge in [0.15, 0.2) is 0 Å². The molecule has 0 bridgehead atoms. The number of hydrogen-bond donors (Lipinski definition) is 0. The third kappa shape index (κ3) is 2.78. The van der Waals surface area contributed by atoms with Gasteiger partial charge in [0.25, 0.3) is 0 Å². The van der Waals surface area contributed by atoms with E-state index in [1.165, 1.54) is 11.3 Å². The summed E-state index contributed by atoms with van der Waals surface area (Å²) < 4.78 is 6.42. The molecule has 4 aromatic rings. The molecule has 0 aliphatic rings. The lowest BCUT2D eigenvalue weighted by Crippen LogP contribution is -2.07. The summed E-state index contributed by atoms with van der Waals surface area (Å²) in [4.78, 5) is 21.0. The minimum Gasteiger partial charge on any atom is -0.454 e. The van der Waals surface area contributed by atoms with E-state index in [2.05, 4.69) is 9.97 Å². The summed E-state index contributed by atoms with van der Waals surface area (Å²) in [6.45, 7) is 0.159. The van der Waals surface area contributed by atoms with E-state index in [4.69, 9.17) is 4.74 Å². The zero-order valence-electron chi connectivity index (χ0n) is 12.1. The zero-order valence-corrected chi connectivity index (χ0v) is 12.9. The molecule has 2 heterocycles. The van der Waals surface area contributed by atoms with Crippen LogP contribution in [0.4, 0.5) is 0 Å². The Hall–Kier alpha value is -2.79. The van der Waals surface area contributed by atoms with Crippen molar-refractivity contribution < 1.29 is 9.53 Å². The quantitative estimate of drug-likeness (QED) is 0.531. The van der Waals surface area contributed by atoms with Gasteiger partial charge in [0.1, 0.15) is 17.3 Å². The van der Waals surface area contributed by atoms with E-state index in [1.807, 2.05) is 54.6 Å². The third-order valence-electron chi connectivity index (χ3n) is 3.47. The van der Waals surface area contributed by atoms with E-state index < -0.39 is 5.97 Å². The molecule has 0 aliphatic carbocycles. The van der Waals surface area contributed by atoms with Crippen LogP contribution in [0, 0.1) is 0 Å². The first-order valence-electron chi connectivity index (χ1n) is 7.17. The Morgan fingerprint density at radius 1 is 0.913 bits per heavy atom. The number of hydrogen-bond acceptors (Lipinski definition) is 5. The number of rotatable bonds is 3. The summed E-state index contributed by atoms with van der Waals surface area (Å²) in [5.41, 5.74) is 2.01. The summed E-state index contributed by atoms with van der Waals surface area (Å²) in [5.74, 6) is -0.435. The van der Waals surface area contributed by atoms with Crippen molar-refractivity contribution in [3.8, 4) is 0 Å². The fraction of sp³-hybridized carbons (Fsp3) is 0.0556. The van der Waals surface area contributed by atoms with Gasteiger partial charge in [0.2, 0.25) is 0 Å². The number of pyridine rings is 1. The lowest BCUT2D eigenvalue weighted by Gasteiger charge is -2.03. The first kappa shape index (κ1) is 13.8. The van der Waals surface area contributed by atoms with Gasteiger partial charge in [0, 0.05) is 5.39 Å². The number of benzene rings is 2. The molecule has 0 radical (unpaired) electrons. The molecule has 2 aromatic heterocycles. The first-order chi connectivity index (χ1) is 11.3. The number of para-hydroxylation sites is 2. The number of ether oxygens (including phenoxy) is 1. The van der Waals surface area contributed by atoms with Crippen LogP contribution in [0.25, 0.3) is 21.1 Å². The second-order valence-corrected chi connectivity index (χ2v) is 6.16. The highest BCUT2D eigenvalue weighted by molar-refractivity contribution is 7.18. The highest BCUT2D eigenvalue weighted by atomic mass is 32.1. The maximum absolute atomic E-state index is 12.2. The van der Waals surface area contributed by atoms with Crippen molar-refractivity contribution in [2.24, 2.45) is 0 Å². The Morgan fingerprint density at radius 2 is 1.70 bits per heavy atom. The van der Waals surface area contributed by atoms with Gasteiger partial charge in [0.05, 0.1) is 15.7 Å². The zero-order chi connectivity index (χ0) is 15.6. The summed E-state index contributed by atoms with van der Waals surface area (Å²) >= 11 is 1.53. The average Bonchev–Trinajstić information content (AvgIpc) is 3.02. The van der Waals surface area contributed by atoms with Crippen molar-refractivity contribution in [1.82, 2.24) is 9.97 Å². The van der Waals surface area contributed by atoms with Gasteiger partial charge in [-0.05, 0) is 24.3 Å². The SMILES string of the molecule is O=C(OCc1nc2ccccc2s1)c1ccc2ccccc2n1. The molecule has 0 spiro atoms. The molecule has 23 heavy (non-hydrogen) atoms. The first-order valence-corrected chi connectivity index (χ1v) is 7.99. The molecule has 0 unspecified atom stereocenters. The number of nitrogens with zero attached hydrogens (tertiary/aromatic N) is 2. The second-order valence-electron chi connectivity index (χ2n) is 5.04. The summed E-state index contributed by atoms with van der Waals surface area (Å²) in [6.07, 6.45) is 0. The van der Waals surface area contributed by atoms with Gasteiger partial charge in [-0.2, -0.15) is 0 Å². The number of fused-ring (bicyclic) bond motifs is 2. The average molecular weight is 320 g/mol. The maximum Gasteiger partial charge on any atom is 0.357 e. The van der Waals surface area contributed by atoms with Crippen LogP contribution in [0.5, 0.6) is 0 Å². The Labute approximate surface area is 136 Å². The molecular weight excluding hydrogens is 308 g/mol. The van der Waals surface area contributed by atoms with Crippen molar-refractivity contribution in [2.45, 2.75) is 6.61 Å². The monoisotopic (exact) mass is 320 g/mol. The lowest BCUT2D eigenvalue weighted by molar-refractivity contribution is 0.0466. The number of aromatic nitrogens is 2. The third-order valence-corrected chi connectivity index (χ3v) is 4.48. The van der Waals surface area contributed by atoms with Crippen LogP contribution in [0.15, 0.2) is 60.7 Å². The highest BCUT2D eigenvalue weighted by Gasteiger charge is 2.11. The van der Waals surface area contributed by atoms with E-state index in [0.717, 1.165) is 26.1 Å². The van der Waals surface area contributed by atoms with Gasteiger partial charge >= 0.3 is 5.97 Å². The predicted octanol–water partition coefficient (Wildman–Crippen LogP) is 4.20. The van der Waals surface area contributed by atoms with Gasteiger partial charge in [-0.15, -0.1) is 11.3 Å². The largest absolute Gasteiger partial charge is 0.454 e. The molecule has 5 heteroatoms. The summed E-state index contributed by atoms with van der Waals surface area (Å²) in [7, 11) is 0. The minimum absolute atomic E-state index is 0.159. The van der Waals surface area contributed by atoms with Crippen LogP contribution in [-0.2, 0) is 11.3 Å². The minimum atomic E-state index is -0.435. The van der Waals surface area contributed by atoms with Crippen molar-refractivity contribution in [3.63, 3.8) is 0 Å².